The first-order valence-electron chi connectivity index (χ1n) is 25.4. The van der Waals surface area contributed by atoms with Crippen molar-refractivity contribution in [2.75, 3.05) is 19.8 Å². The number of allylic oxidation sites excluding steroid dienone is 24. The number of carbonyl (C=O) groups is 2. The lowest BCUT2D eigenvalue weighted by Gasteiger charge is -2.18. The van der Waals surface area contributed by atoms with Gasteiger partial charge in [-0.25, -0.2) is 0 Å². The van der Waals surface area contributed by atoms with Crippen LogP contribution in [-0.4, -0.2) is 37.9 Å². The summed E-state index contributed by atoms with van der Waals surface area (Å²) in [6, 6.07) is 0. The molecule has 0 aliphatic rings. The summed E-state index contributed by atoms with van der Waals surface area (Å²) < 4.78 is 17.3. The topological polar surface area (TPSA) is 61.8 Å². The van der Waals surface area contributed by atoms with Gasteiger partial charge in [-0.3, -0.25) is 9.59 Å². The molecule has 1 atom stereocenters. The third-order valence-corrected chi connectivity index (χ3v) is 9.83. The number of rotatable bonds is 44. The highest BCUT2D eigenvalue weighted by atomic mass is 16.6. The first kappa shape index (κ1) is 59.8. The van der Waals surface area contributed by atoms with Crippen molar-refractivity contribution >= 4 is 11.9 Å². The molecular weight excluding hydrogens is 789 g/mol. The van der Waals surface area contributed by atoms with E-state index in [1.54, 1.807) is 0 Å². The molecule has 0 amide bonds. The van der Waals surface area contributed by atoms with E-state index in [0.717, 1.165) is 109 Å². The summed E-state index contributed by atoms with van der Waals surface area (Å²) in [7, 11) is 0. The van der Waals surface area contributed by atoms with E-state index in [9.17, 15) is 9.59 Å². The van der Waals surface area contributed by atoms with Crippen LogP contribution in [0.2, 0.25) is 0 Å². The normalized spacial score (nSPS) is 13.5. The van der Waals surface area contributed by atoms with E-state index in [1.807, 2.05) is 6.08 Å². The van der Waals surface area contributed by atoms with Crippen LogP contribution >= 0.6 is 0 Å². The van der Waals surface area contributed by atoms with Crippen LogP contribution in [-0.2, 0) is 23.8 Å². The Balaban J connectivity index is 4.51. The first-order valence-corrected chi connectivity index (χ1v) is 25.4. The van der Waals surface area contributed by atoms with Gasteiger partial charge in [-0.05, 0) is 122 Å². The number of esters is 2. The smallest absolute Gasteiger partial charge is 0.306 e. The Morgan fingerprint density at radius 1 is 0.359 bits per heavy atom. The van der Waals surface area contributed by atoms with Crippen LogP contribution < -0.4 is 0 Å². The Labute approximate surface area is 393 Å². The number of ether oxygens (including phenoxy) is 3. The monoisotopic (exact) mass is 881 g/mol. The summed E-state index contributed by atoms with van der Waals surface area (Å²) in [5.41, 5.74) is 0. The molecule has 0 fully saturated rings. The summed E-state index contributed by atoms with van der Waals surface area (Å²) in [5, 5.41) is 0. The number of carbonyl (C=O) groups excluding carboxylic acids is 2. The second-order valence-electron chi connectivity index (χ2n) is 15.9. The molecule has 0 aromatic heterocycles. The largest absolute Gasteiger partial charge is 0.462 e. The molecule has 5 nitrogen and oxygen atoms in total. The minimum atomic E-state index is -0.605. The fourth-order valence-electron chi connectivity index (χ4n) is 6.15. The van der Waals surface area contributed by atoms with E-state index in [0.29, 0.717) is 19.4 Å². The summed E-state index contributed by atoms with van der Waals surface area (Å²) in [6.45, 7) is 7.36. The molecule has 1 unspecified atom stereocenters. The molecule has 0 rings (SSSR count). The average Bonchev–Trinajstić information content (AvgIpc) is 3.30. The molecule has 0 aliphatic heterocycles. The van der Waals surface area contributed by atoms with Crippen LogP contribution in [0.3, 0.4) is 0 Å². The summed E-state index contributed by atoms with van der Waals surface area (Å²) in [6.07, 6.45) is 77.2. The molecule has 0 bridgehead atoms. The highest BCUT2D eigenvalue weighted by molar-refractivity contribution is 5.70. The summed E-state index contributed by atoms with van der Waals surface area (Å²) >= 11 is 0. The Morgan fingerprint density at radius 2 is 0.734 bits per heavy atom. The lowest BCUT2D eigenvalue weighted by Crippen LogP contribution is -2.30. The van der Waals surface area contributed by atoms with Crippen molar-refractivity contribution in [2.24, 2.45) is 0 Å². The molecule has 0 spiro atoms. The third kappa shape index (κ3) is 50.4. The SMILES string of the molecule is CC/C=C\C/C=C\C/C=C\C/C=C\C/C=C\C/C=C\CCC(=O)OCC(COCCCCCCCC/C=C\C/C=C\CCC)OC(=O)CCCC/C=C\C/C=C\C/C=C\C/C=C\CC. The number of hydrogen-bond acceptors (Lipinski definition) is 5. The van der Waals surface area contributed by atoms with Crippen LogP contribution in [0.1, 0.15) is 188 Å². The van der Waals surface area contributed by atoms with Gasteiger partial charge in [0.2, 0.25) is 0 Å². The standard InChI is InChI=1S/C59H92O5/c1-4-7-10-13-16-19-22-25-28-29-30-31-33-34-37-40-43-46-49-52-58(60)63-56-57(55-62-54-51-48-45-42-39-36-27-24-21-18-15-12-9-6-3)64-59(61)53-50-47-44-41-38-35-32-26-23-20-17-14-11-8-5-2/h7-8,10-12,15-17,19-21,24-26,28,30-32,34,37-38,41,43,46,57H,4-6,9,13-14,18,22-23,27,29,33,35-36,39-40,42,44-45,47-56H2,1-3H3/b10-7-,11-8-,15-12-,19-16-,20-17-,24-21-,28-25-,31-30-,32-26-,37-34-,41-38-,46-43-. The van der Waals surface area contributed by atoms with Crippen LogP contribution in [0.15, 0.2) is 146 Å². The van der Waals surface area contributed by atoms with Gasteiger partial charge in [0.15, 0.2) is 6.10 Å². The zero-order chi connectivity index (χ0) is 46.3. The van der Waals surface area contributed by atoms with Crippen LogP contribution in [0.5, 0.6) is 0 Å². The molecule has 0 aromatic rings. The summed E-state index contributed by atoms with van der Waals surface area (Å²) in [5.74, 6) is -0.562. The maximum absolute atomic E-state index is 12.8. The van der Waals surface area contributed by atoms with Gasteiger partial charge in [-0.1, -0.05) is 199 Å². The van der Waals surface area contributed by atoms with Gasteiger partial charge in [0.05, 0.1) is 6.61 Å². The van der Waals surface area contributed by atoms with Gasteiger partial charge in [0.1, 0.15) is 6.61 Å². The zero-order valence-electron chi connectivity index (χ0n) is 41.0. The van der Waals surface area contributed by atoms with Crippen LogP contribution in [0.4, 0.5) is 0 Å². The lowest BCUT2D eigenvalue weighted by atomic mass is 10.1. The predicted octanol–water partition coefficient (Wildman–Crippen LogP) is 17.3. The van der Waals surface area contributed by atoms with Crippen molar-refractivity contribution < 1.29 is 23.8 Å². The number of unbranched alkanes of at least 4 members (excludes halogenated alkanes) is 9. The molecule has 0 radical (unpaired) electrons. The molecule has 64 heavy (non-hydrogen) atoms. The highest BCUT2D eigenvalue weighted by Crippen LogP contribution is 2.10. The van der Waals surface area contributed by atoms with E-state index in [1.165, 1.54) is 38.5 Å². The predicted molar refractivity (Wildman–Crippen MR) is 278 cm³/mol. The van der Waals surface area contributed by atoms with Gasteiger partial charge < -0.3 is 14.2 Å². The second kappa shape index (κ2) is 53.1. The maximum Gasteiger partial charge on any atom is 0.306 e. The average molecular weight is 881 g/mol. The quantitative estimate of drug-likeness (QED) is 0.0347. The Morgan fingerprint density at radius 3 is 1.19 bits per heavy atom. The fourth-order valence-corrected chi connectivity index (χ4v) is 6.15. The van der Waals surface area contributed by atoms with Gasteiger partial charge >= 0.3 is 11.9 Å². The van der Waals surface area contributed by atoms with Gasteiger partial charge in [-0.2, -0.15) is 0 Å². The third-order valence-electron chi connectivity index (χ3n) is 9.83. The Kier molecular flexibility index (Phi) is 49.6. The lowest BCUT2D eigenvalue weighted by molar-refractivity contribution is -0.162. The molecule has 0 saturated carbocycles. The van der Waals surface area contributed by atoms with Gasteiger partial charge in [0.25, 0.3) is 0 Å². The maximum atomic E-state index is 12.8. The Hall–Kier alpha value is -4.22. The molecule has 5 heteroatoms. The molecule has 0 N–H and O–H groups in total. The minimum absolute atomic E-state index is 0.0136. The molecular formula is C59H92O5. The van der Waals surface area contributed by atoms with E-state index >= 15 is 0 Å². The molecule has 0 heterocycles. The van der Waals surface area contributed by atoms with Crippen molar-refractivity contribution in [3.05, 3.63) is 146 Å². The van der Waals surface area contributed by atoms with Crippen molar-refractivity contribution in [3.63, 3.8) is 0 Å². The fraction of sp³-hybridized carbons (Fsp3) is 0.559. The molecule has 0 aromatic carbocycles. The van der Waals surface area contributed by atoms with Gasteiger partial charge in [0, 0.05) is 19.4 Å². The van der Waals surface area contributed by atoms with Crippen molar-refractivity contribution in [1.29, 1.82) is 0 Å². The number of hydrogen-bond donors (Lipinski definition) is 0. The van der Waals surface area contributed by atoms with Gasteiger partial charge in [-0.15, -0.1) is 0 Å². The van der Waals surface area contributed by atoms with E-state index < -0.39 is 6.10 Å². The molecule has 358 valence electrons. The van der Waals surface area contributed by atoms with Crippen LogP contribution in [0.25, 0.3) is 0 Å². The minimum Gasteiger partial charge on any atom is -0.462 e. The van der Waals surface area contributed by atoms with E-state index in [4.69, 9.17) is 14.2 Å². The molecule has 0 saturated heterocycles. The highest BCUT2D eigenvalue weighted by Gasteiger charge is 2.17. The second-order valence-corrected chi connectivity index (χ2v) is 15.9. The zero-order valence-corrected chi connectivity index (χ0v) is 41.0. The van der Waals surface area contributed by atoms with Crippen LogP contribution in [0, 0.1) is 0 Å². The van der Waals surface area contributed by atoms with Crippen molar-refractivity contribution in [1.82, 2.24) is 0 Å². The van der Waals surface area contributed by atoms with E-state index in [-0.39, 0.29) is 31.6 Å². The van der Waals surface area contributed by atoms with E-state index in [2.05, 4.69) is 161 Å². The van der Waals surface area contributed by atoms with Crippen molar-refractivity contribution in [3.8, 4) is 0 Å². The Bertz CT molecular complexity index is 1410. The first-order chi connectivity index (χ1) is 31.6. The van der Waals surface area contributed by atoms with Crippen molar-refractivity contribution in [2.45, 2.75) is 194 Å². The molecule has 0 aliphatic carbocycles. The summed E-state index contributed by atoms with van der Waals surface area (Å²) in [4.78, 5) is 25.4.